The zero-order chi connectivity index (χ0) is 20.2. The Morgan fingerprint density at radius 3 is 2.14 bits per heavy atom. The van der Waals surface area contributed by atoms with Crippen molar-refractivity contribution < 1.29 is 13.6 Å². The summed E-state index contributed by atoms with van der Waals surface area (Å²) in [5, 5.41) is 7.94. The molecule has 4 rings (SSSR count). The number of nitrogens with zero attached hydrogens (tertiary/aromatic N) is 1. The largest absolute Gasteiger partial charge is 0.323 e. The van der Waals surface area contributed by atoms with Crippen LogP contribution in [0.5, 0.6) is 0 Å². The van der Waals surface area contributed by atoms with Gasteiger partial charge in [0.15, 0.2) is 0 Å². The van der Waals surface area contributed by atoms with Gasteiger partial charge in [-0.3, -0.25) is 0 Å². The van der Waals surface area contributed by atoms with Gasteiger partial charge >= 0.3 is 6.03 Å². The van der Waals surface area contributed by atoms with Crippen molar-refractivity contribution in [3.05, 3.63) is 89.8 Å². The average Bonchev–Trinajstić information content (AvgIpc) is 3.18. The van der Waals surface area contributed by atoms with Crippen molar-refractivity contribution in [2.45, 2.75) is 0 Å². The van der Waals surface area contributed by atoms with Gasteiger partial charge in [-0.25, -0.2) is 18.6 Å². The highest BCUT2D eigenvalue weighted by atomic mass is 32.1. The molecular formula is C22H15F2N3OS. The maximum atomic E-state index is 13.2. The van der Waals surface area contributed by atoms with Crippen LogP contribution in [0.1, 0.15) is 0 Å². The molecule has 0 bridgehead atoms. The van der Waals surface area contributed by atoms with Gasteiger partial charge in [0.05, 0.1) is 5.69 Å². The van der Waals surface area contributed by atoms with Crippen molar-refractivity contribution in [3.8, 4) is 21.8 Å². The van der Waals surface area contributed by atoms with Crippen molar-refractivity contribution in [1.82, 2.24) is 4.98 Å². The monoisotopic (exact) mass is 407 g/mol. The van der Waals surface area contributed by atoms with Gasteiger partial charge in [-0.15, -0.1) is 11.3 Å². The molecule has 0 saturated carbocycles. The zero-order valence-corrected chi connectivity index (χ0v) is 15.8. The lowest BCUT2D eigenvalue weighted by molar-refractivity contribution is 0.262. The molecule has 0 saturated heterocycles. The topological polar surface area (TPSA) is 54.0 Å². The first-order chi connectivity index (χ1) is 14.1. The number of aromatic nitrogens is 1. The van der Waals surface area contributed by atoms with E-state index in [0.29, 0.717) is 5.69 Å². The van der Waals surface area contributed by atoms with Gasteiger partial charge in [-0.05, 0) is 24.3 Å². The third-order valence-corrected chi connectivity index (χ3v) is 4.98. The molecule has 0 radical (unpaired) electrons. The Morgan fingerprint density at radius 2 is 1.45 bits per heavy atom. The molecule has 0 fully saturated rings. The third kappa shape index (κ3) is 4.64. The van der Waals surface area contributed by atoms with Crippen LogP contribution in [0.15, 0.2) is 78.2 Å². The van der Waals surface area contributed by atoms with Crippen molar-refractivity contribution >= 4 is 28.7 Å². The highest BCUT2D eigenvalue weighted by Crippen LogP contribution is 2.29. The Hall–Kier alpha value is -3.58. The third-order valence-electron chi connectivity index (χ3n) is 4.08. The van der Waals surface area contributed by atoms with E-state index in [2.05, 4.69) is 15.6 Å². The fraction of sp³-hybridized carbons (Fsp3) is 0. The lowest BCUT2D eigenvalue weighted by atomic mass is 10.1. The number of halogens is 2. The van der Waals surface area contributed by atoms with E-state index in [1.165, 1.54) is 0 Å². The van der Waals surface area contributed by atoms with Crippen LogP contribution in [0.2, 0.25) is 0 Å². The summed E-state index contributed by atoms with van der Waals surface area (Å²) < 4.78 is 26.4. The van der Waals surface area contributed by atoms with Crippen LogP contribution in [-0.2, 0) is 0 Å². The summed E-state index contributed by atoms with van der Waals surface area (Å²) in [7, 11) is 0. The second-order valence-corrected chi connectivity index (χ2v) is 7.08. The van der Waals surface area contributed by atoms with Gasteiger partial charge in [-0.1, -0.05) is 42.5 Å². The van der Waals surface area contributed by atoms with Crippen LogP contribution in [-0.4, -0.2) is 11.0 Å². The quantitative estimate of drug-likeness (QED) is 0.411. The molecule has 4 aromatic rings. The molecule has 3 aromatic carbocycles. The average molecular weight is 407 g/mol. The van der Waals surface area contributed by atoms with E-state index in [9.17, 15) is 13.6 Å². The maximum Gasteiger partial charge on any atom is 0.323 e. The number of anilines is 2. The standard InChI is InChI=1S/C22H15F2N3OS/c23-16-10-17(24)12-19(11-16)26-22(28)25-18-8-6-14(7-9-18)20-13-29-21(27-20)15-4-2-1-3-5-15/h1-13H,(H2,25,26,28). The van der Waals surface area contributed by atoms with Gasteiger partial charge in [0.25, 0.3) is 0 Å². The molecule has 0 spiro atoms. The van der Waals surface area contributed by atoms with Crippen LogP contribution in [0.25, 0.3) is 21.8 Å². The molecular weight excluding hydrogens is 392 g/mol. The summed E-state index contributed by atoms with van der Waals surface area (Å²) in [5.41, 5.74) is 3.41. The smallest absolute Gasteiger partial charge is 0.308 e. The lowest BCUT2D eigenvalue weighted by Gasteiger charge is -2.08. The first-order valence-electron chi connectivity index (χ1n) is 8.72. The van der Waals surface area contributed by atoms with E-state index in [1.807, 2.05) is 47.8 Å². The fourth-order valence-electron chi connectivity index (χ4n) is 2.76. The Bertz CT molecular complexity index is 1120. The van der Waals surface area contributed by atoms with Gasteiger partial charge in [0.1, 0.15) is 16.6 Å². The molecule has 0 atom stereocenters. The number of urea groups is 1. The molecule has 7 heteroatoms. The van der Waals surface area contributed by atoms with E-state index in [0.717, 1.165) is 40.0 Å². The van der Waals surface area contributed by atoms with E-state index in [-0.39, 0.29) is 5.69 Å². The maximum absolute atomic E-state index is 13.2. The summed E-state index contributed by atoms with van der Waals surface area (Å²) in [6.45, 7) is 0. The number of hydrogen-bond acceptors (Lipinski definition) is 3. The lowest BCUT2D eigenvalue weighted by Crippen LogP contribution is -2.19. The van der Waals surface area contributed by atoms with E-state index < -0.39 is 17.7 Å². The number of benzene rings is 3. The first kappa shape index (κ1) is 18.8. The van der Waals surface area contributed by atoms with Crippen molar-refractivity contribution in [3.63, 3.8) is 0 Å². The number of hydrogen-bond donors (Lipinski definition) is 2. The molecule has 2 N–H and O–H groups in total. The Balaban J connectivity index is 1.43. The van der Waals surface area contributed by atoms with Gasteiger partial charge in [0.2, 0.25) is 0 Å². The minimum absolute atomic E-state index is 0.0348. The molecule has 1 aromatic heterocycles. The SMILES string of the molecule is O=C(Nc1ccc(-c2csc(-c3ccccc3)n2)cc1)Nc1cc(F)cc(F)c1. The van der Waals surface area contributed by atoms with E-state index in [4.69, 9.17) is 0 Å². The first-order valence-corrected chi connectivity index (χ1v) is 9.60. The highest BCUT2D eigenvalue weighted by molar-refractivity contribution is 7.13. The molecule has 0 aliphatic carbocycles. The molecule has 144 valence electrons. The molecule has 0 aliphatic rings. The molecule has 2 amide bonds. The number of nitrogens with one attached hydrogen (secondary N) is 2. The number of thiazole rings is 1. The van der Waals surface area contributed by atoms with Crippen molar-refractivity contribution in [2.24, 2.45) is 0 Å². The van der Waals surface area contributed by atoms with Gasteiger partial charge < -0.3 is 10.6 Å². The van der Waals surface area contributed by atoms with Crippen LogP contribution in [0, 0.1) is 11.6 Å². The minimum atomic E-state index is -0.761. The van der Waals surface area contributed by atoms with Crippen LogP contribution >= 0.6 is 11.3 Å². The van der Waals surface area contributed by atoms with Crippen LogP contribution in [0.3, 0.4) is 0 Å². The van der Waals surface area contributed by atoms with E-state index >= 15 is 0 Å². The molecule has 1 heterocycles. The predicted molar refractivity (Wildman–Crippen MR) is 112 cm³/mol. The van der Waals surface area contributed by atoms with Crippen molar-refractivity contribution in [1.29, 1.82) is 0 Å². The fourth-order valence-corrected chi connectivity index (χ4v) is 3.60. The summed E-state index contributed by atoms with van der Waals surface area (Å²) >= 11 is 1.56. The molecule has 4 nitrogen and oxygen atoms in total. The normalized spacial score (nSPS) is 10.6. The molecule has 0 unspecified atom stereocenters. The van der Waals surface area contributed by atoms with Crippen LogP contribution < -0.4 is 10.6 Å². The number of carbonyl (C=O) groups is 1. The van der Waals surface area contributed by atoms with Gasteiger partial charge in [-0.2, -0.15) is 0 Å². The molecule has 0 aliphatic heterocycles. The Kier molecular flexibility index (Phi) is 5.31. The predicted octanol–water partition coefficient (Wildman–Crippen LogP) is 6.40. The zero-order valence-electron chi connectivity index (χ0n) is 15.0. The highest BCUT2D eigenvalue weighted by Gasteiger charge is 2.08. The molecule has 29 heavy (non-hydrogen) atoms. The van der Waals surface area contributed by atoms with Crippen molar-refractivity contribution in [2.75, 3.05) is 10.6 Å². The number of rotatable bonds is 4. The Labute approximate surface area is 169 Å². The van der Waals surface area contributed by atoms with Gasteiger partial charge in [0, 0.05) is 33.9 Å². The van der Waals surface area contributed by atoms with Crippen LogP contribution in [0.4, 0.5) is 25.0 Å². The summed E-state index contributed by atoms with van der Waals surface area (Å²) in [6.07, 6.45) is 0. The second kappa shape index (κ2) is 8.20. The summed E-state index contributed by atoms with van der Waals surface area (Å²) in [4.78, 5) is 16.7. The minimum Gasteiger partial charge on any atom is -0.308 e. The van der Waals surface area contributed by atoms with E-state index in [1.54, 1.807) is 23.5 Å². The summed E-state index contributed by atoms with van der Waals surface area (Å²) in [6, 6.07) is 19.3. The summed E-state index contributed by atoms with van der Waals surface area (Å²) in [5.74, 6) is -1.52. The number of carbonyl (C=O) groups excluding carboxylic acids is 1. The Morgan fingerprint density at radius 1 is 0.793 bits per heavy atom. The second-order valence-electron chi connectivity index (χ2n) is 6.22. The number of amides is 2.